The molecule has 1 heterocycles. The second-order valence-corrected chi connectivity index (χ2v) is 12.2. The Kier molecular flexibility index (Phi) is 8.39. The van der Waals surface area contributed by atoms with Gasteiger partial charge in [-0.2, -0.15) is 18.4 Å². The molecule has 1 unspecified atom stereocenters. The van der Waals surface area contributed by atoms with Gasteiger partial charge in [-0.1, -0.05) is 41.4 Å². The number of nitriles is 1. The Hall–Kier alpha value is -3.38. The fraction of sp³-hybridized carbons (Fsp3) is 0.250. The number of rotatable bonds is 5. The van der Waals surface area contributed by atoms with Gasteiger partial charge in [0.25, 0.3) is 0 Å². The summed E-state index contributed by atoms with van der Waals surface area (Å²) in [6, 6.07) is 16.3. The minimum absolute atomic E-state index is 0.0249. The van der Waals surface area contributed by atoms with E-state index in [4.69, 9.17) is 28.9 Å². The summed E-state index contributed by atoms with van der Waals surface area (Å²) in [7, 11) is 0. The number of carbonyl (C=O) groups excluding carboxylic acids is 1. The van der Waals surface area contributed by atoms with Gasteiger partial charge in [-0.15, -0.1) is 11.8 Å². The Bertz CT molecular complexity index is 1710. The number of carbonyl (C=O) groups is 1. The summed E-state index contributed by atoms with van der Waals surface area (Å²) in [5.41, 5.74) is 10.7. The molecule has 0 aromatic heterocycles. The van der Waals surface area contributed by atoms with E-state index >= 15 is 0 Å². The molecule has 1 atom stereocenters. The van der Waals surface area contributed by atoms with Gasteiger partial charge in [0, 0.05) is 39.0 Å². The summed E-state index contributed by atoms with van der Waals surface area (Å²) < 4.78 is 40.8. The maximum atomic E-state index is 13.6. The van der Waals surface area contributed by atoms with Crippen molar-refractivity contribution in [2.75, 3.05) is 4.90 Å². The van der Waals surface area contributed by atoms with E-state index in [2.05, 4.69) is 6.07 Å². The van der Waals surface area contributed by atoms with E-state index < -0.39 is 17.7 Å². The van der Waals surface area contributed by atoms with Gasteiger partial charge in [0.2, 0.25) is 0 Å². The number of aryl methyl sites for hydroxylation is 2. The fourth-order valence-electron chi connectivity index (χ4n) is 5.64. The van der Waals surface area contributed by atoms with E-state index in [0.717, 1.165) is 39.3 Å². The van der Waals surface area contributed by atoms with Crippen molar-refractivity contribution in [1.82, 2.24) is 0 Å². The third kappa shape index (κ3) is 5.66. The van der Waals surface area contributed by atoms with Crippen LogP contribution in [0.1, 0.15) is 53.0 Å². The third-order valence-electron chi connectivity index (χ3n) is 7.66. The quantitative estimate of drug-likeness (QED) is 0.285. The summed E-state index contributed by atoms with van der Waals surface area (Å²) in [6.45, 7) is 3.92. The van der Waals surface area contributed by atoms with Crippen LogP contribution in [0.3, 0.4) is 0 Å². The number of thioether (sulfide) groups is 1. The molecular weight excluding hydrogens is 602 g/mol. The smallest absolute Gasteiger partial charge is 0.384 e. The molecule has 0 saturated carbocycles. The second-order valence-electron chi connectivity index (χ2n) is 10.4. The normalized spacial score (nSPS) is 17.4. The van der Waals surface area contributed by atoms with Gasteiger partial charge < -0.3 is 5.73 Å². The Morgan fingerprint density at radius 3 is 2.55 bits per heavy atom. The SMILES string of the molecule is Cc1cc(C)c(C2C(C#N)=C(N)N(c3cccc(C(F)(F)F)c3)C3=C2C(=O)CCC3)cc1CSc1cc(Cl)ccc1Cl. The third-order valence-corrected chi connectivity index (χ3v) is 9.44. The lowest BCUT2D eigenvalue weighted by molar-refractivity contribution is -0.137. The number of allylic oxidation sites excluding steroid dienone is 3. The molecule has 0 radical (unpaired) electrons. The molecule has 4 nitrogen and oxygen atoms in total. The highest BCUT2D eigenvalue weighted by Crippen LogP contribution is 2.48. The highest BCUT2D eigenvalue weighted by atomic mass is 35.5. The summed E-state index contributed by atoms with van der Waals surface area (Å²) in [5.74, 6) is -0.292. The zero-order chi connectivity index (χ0) is 30.3. The van der Waals surface area contributed by atoms with Crippen molar-refractivity contribution >= 4 is 46.4 Å². The average molecular weight is 629 g/mol. The van der Waals surface area contributed by atoms with Gasteiger partial charge in [0.1, 0.15) is 5.82 Å². The molecule has 216 valence electrons. The van der Waals surface area contributed by atoms with Crippen LogP contribution in [0.5, 0.6) is 0 Å². The number of alkyl halides is 3. The number of nitrogens with zero attached hydrogens (tertiary/aromatic N) is 2. The van der Waals surface area contributed by atoms with Crippen molar-refractivity contribution in [3.63, 3.8) is 0 Å². The number of hydrogen-bond acceptors (Lipinski definition) is 5. The number of halogens is 5. The number of hydrogen-bond donors (Lipinski definition) is 1. The summed E-state index contributed by atoms with van der Waals surface area (Å²) in [6.07, 6.45) is -3.31. The van der Waals surface area contributed by atoms with Crippen LogP contribution in [0.2, 0.25) is 10.0 Å². The zero-order valence-corrected chi connectivity index (χ0v) is 25.1. The molecule has 0 fully saturated rings. The van der Waals surface area contributed by atoms with Crippen molar-refractivity contribution in [2.24, 2.45) is 5.73 Å². The van der Waals surface area contributed by atoms with Crippen molar-refractivity contribution < 1.29 is 18.0 Å². The lowest BCUT2D eigenvalue weighted by atomic mass is 9.74. The first-order valence-electron chi connectivity index (χ1n) is 13.2. The van der Waals surface area contributed by atoms with Crippen LogP contribution in [0, 0.1) is 25.2 Å². The van der Waals surface area contributed by atoms with Gasteiger partial charge in [0.05, 0.1) is 28.1 Å². The van der Waals surface area contributed by atoms with Crippen LogP contribution >= 0.6 is 35.0 Å². The van der Waals surface area contributed by atoms with Crippen molar-refractivity contribution in [2.45, 2.75) is 55.9 Å². The van der Waals surface area contributed by atoms with Crippen molar-refractivity contribution in [3.8, 4) is 6.07 Å². The lowest BCUT2D eigenvalue weighted by Gasteiger charge is -2.40. The number of nitrogens with two attached hydrogens (primary N) is 1. The Morgan fingerprint density at radius 1 is 1.07 bits per heavy atom. The first-order chi connectivity index (χ1) is 19.9. The summed E-state index contributed by atoms with van der Waals surface area (Å²) in [5, 5.41) is 11.5. The largest absolute Gasteiger partial charge is 0.416 e. The molecule has 0 amide bonds. The standard InChI is InChI=1S/C32H26Cl2F3N3OS/c1-17-11-18(2)23(12-19(17)16-42-28-14-21(33)9-10-25(28)34)29-24(15-38)31(39)40(26-7-4-8-27(41)30(26)29)22-6-3-5-20(13-22)32(35,36)37/h3,5-6,9-14,29H,4,7-8,16,39H2,1-2H3. The number of anilines is 1. The maximum Gasteiger partial charge on any atom is 0.416 e. The van der Waals surface area contributed by atoms with Crippen LogP contribution in [0.15, 0.2) is 82.2 Å². The van der Waals surface area contributed by atoms with E-state index in [9.17, 15) is 23.2 Å². The van der Waals surface area contributed by atoms with Gasteiger partial charge >= 0.3 is 6.18 Å². The molecule has 1 aliphatic carbocycles. The van der Waals surface area contributed by atoms with E-state index in [1.165, 1.54) is 28.8 Å². The first-order valence-corrected chi connectivity index (χ1v) is 15.0. The number of benzene rings is 3. The molecule has 3 aromatic carbocycles. The first kappa shape index (κ1) is 30.1. The topological polar surface area (TPSA) is 70.1 Å². The van der Waals surface area contributed by atoms with Gasteiger partial charge in [-0.3, -0.25) is 9.69 Å². The molecular formula is C32H26Cl2F3N3OS. The fourth-order valence-corrected chi connectivity index (χ4v) is 7.20. The predicted octanol–water partition coefficient (Wildman–Crippen LogP) is 9.23. The average Bonchev–Trinajstić information content (AvgIpc) is 2.93. The zero-order valence-electron chi connectivity index (χ0n) is 22.8. The lowest BCUT2D eigenvalue weighted by Crippen LogP contribution is -2.39. The van der Waals surface area contributed by atoms with E-state index in [-0.39, 0.29) is 29.3 Å². The molecule has 1 aliphatic heterocycles. The number of ketones is 1. The molecule has 2 N–H and O–H groups in total. The van der Waals surface area contributed by atoms with Crippen LogP contribution in [0.4, 0.5) is 18.9 Å². The van der Waals surface area contributed by atoms with E-state index in [1.54, 1.807) is 18.2 Å². The monoisotopic (exact) mass is 627 g/mol. The van der Waals surface area contributed by atoms with Crippen LogP contribution in [0.25, 0.3) is 0 Å². The predicted molar refractivity (Wildman–Crippen MR) is 161 cm³/mol. The van der Waals surface area contributed by atoms with E-state index in [0.29, 0.717) is 39.9 Å². The highest BCUT2D eigenvalue weighted by molar-refractivity contribution is 7.98. The molecule has 5 rings (SSSR count). The second kappa shape index (κ2) is 11.7. The maximum absolute atomic E-state index is 13.6. The Labute approximate surface area is 256 Å². The molecule has 3 aromatic rings. The van der Waals surface area contributed by atoms with Crippen molar-refractivity contribution in [1.29, 1.82) is 5.26 Å². The molecule has 42 heavy (non-hydrogen) atoms. The van der Waals surface area contributed by atoms with Crippen LogP contribution in [-0.4, -0.2) is 5.78 Å². The molecule has 0 bridgehead atoms. The summed E-state index contributed by atoms with van der Waals surface area (Å²) >= 11 is 14.1. The molecule has 10 heteroatoms. The highest BCUT2D eigenvalue weighted by Gasteiger charge is 2.41. The van der Waals surface area contributed by atoms with Crippen LogP contribution < -0.4 is 10.6 Å². The molecule has 2 aliphatic rings. The Morgan fingerprint density at radius 2 is 1.83 bits per heavy atom. The van der Waals surface area contributed by atoms with Gasteiger partial charge in [-0.25, -0.2) is 0 Å². The van der Waals surface area contributed by atoms with E-state index in [1.807, 2.05) is 26.0 Å². The van der Waals surface area contributed by atoms with Gasteiger partial charge in [-0.05, 0) is 85.3 Å². The van der Waals surface area contributed by atoms with Gasteiger partial charge in [0.15, 0.2) is 5.78 Å². The van der Waals surface area contributed by atoms with Crippen molar-refractivity contribution in [3.05, 3.63) is 115 Å². The van der Waals surface area contributed by atoms with Crippen LogP contribution in [-0.2, 0) is 16.7 Å². The summed E-state index contributed by atoms with van der Waals surface area (Å²) in [4.78, 5) is 15.8. The molecule has 0 saturated heterocycles. The minimum atomic E-state index is -4.56. The molecule has 0 spiro atoms. The minimum Gasteiger partial charge on any atom is -0.384 e. The Balaban J connectivity index is 1.63. The number of Topliss-reactive ketones (excluding diaryl/α,β-unsaturated/α-hetero) is 1.